The van der Waals surface area contributed by atoms with Gasteiger partial charge in [0.05, 0.1) is 16.8 Å². The highest BCUT2D eigenvalue weighted by atomic mass is 79.9. The zero-order chi connectivity index (χ0) is 22.8. The average molecular weight is 511 g/mol. The van der Waals surface area contributed by atoms with E-state index in [-0.39, 0.29) is 18.2 Å². The predicted molar refractivity (Wildman–Crippen MR) is 130 cm³/mol. The highest BCUT2D eigenvalue weighted by molar-refractivity contribution is 9.10. The van der Waals surface area contributed by atoms with E-state index in [0.717, 1.165) is 22.4 Å². The van der Waals surface area contributed by atoms with Gasteiger partial charge in [-0.1, -0.05) is 55.8 Å². The van der Waals surface area contributed by atoms with Crippen LogP contribution in [-0.4, -0.2) is 31.7 Å². The molecule has 0 amide bonds. The van der Waals surface area contributed by atoms with Crippen LogP contribution < -0.4 is 0 Å². The molecule has 0 unspecified atom stereocenters. The number of carbonyl (C=O) groups excluding carboxylic acids is 1. The second kappa shape index (κ2) is 9.34. The van der Waals surface area contributed by atoms with E-state index >= 15 is 0 Å². The van der Waals surface area contributed by atoms with Gasteiger partial charge in [-0.25, -0.2) is 14.5 Å². The molecule has 0 spiro atoms. The van der Waals surface area contributed by atoms with E-state index in [0.29, 0.717) is 21.0 Å². The largest absolute Gasteiger partial charge is 0.461 e. The van der Waals surface area contributed by atoms with E-state index < -0.39 is 5.97 Å². The Hall–Kier alpha value is -2.84. The van der Waals surface area contributed by atoms with Gasteiger partial charge in [0.25, 0.3) is 0 Å². The molecule has 4 aromatic rings. The number of halogens is 1. The Balaban J connectivity index is 1.91. The van der Waals surface area contributed by atoms with Crippen molar-refractivity contribution in [2.75, 3.05) is 6.61 Å². The fourth-order valence-corrected chi connectivity index (χ4v) is 4.93. The van der Waals surface area contributed by atoms with Crippen molar-refractivity contribution in [3.05, 3.63) is 69.8 Å². The van der Waals surface area contributed by atoms with Gasteiger partial charge in [-0.3, -0.25) is 0 Å². The smallest absolute Gasteiger partial charge is 0.360 e. The zero-order valence-corrected chi connectivity index (χ0v) is 20.7. The van der Waals surface area contributed by atoms with E-state index in [1.54, 1.807) is 11.6 Å². The van der Waals surface area contributed by atoms with Crippen molar-refractivity contribution >= 4 is 33.4 Å². The number of carbonyl (C=O) groups is 1. The summed E-state index contributed by atoms with van der Waals surface area (Å²) in [5.74, 6) is 0.429. The minimum absolute atomic E-state index is 0.215. The van der Waals surface area contributed by atoms with Crippen LogP contribution >= 0.6 is 27.5 Å². The number of nitrogens with zero attached hydrogens (tertiary/aromatic N) is 4. The van der Waals surface area contributed by atoms with Crippen LogP contribution in [0.1, 0.15) is 48.3 Å². The van der Waals surface area contributed by atoms with Crippen molar-refractivity contribution in [2.24, 2.45) is 0 Å². The summed E-state index contributed by atoms with van der Waals surface area (Å²) < 4.78 is 12.1. The van der Waals surface area contributed by atoms with Crippen LogP contribution in [0.5, 0.6) is 0 Å². The molecule has 0 aliphatic carbocycles. The molecule has 8 heteroatoms. The molecule has 0 atom stereocenters. The van der Waals surface area contributed by atoms with Crippen molar-refractivity contribution in [1.29, 1.82) is 0 Å². The van der Waals surface area contributed by atoms with Gasteiger partial charge in [0.1, 0.15) is 5.69 Å². The Labute approximate surface area is 199 Å². The topological polar surface area (TPSA) is 69.9 Å². The van der Waals surface area contributed by atoms with Gasteiger partial charge in [-0.05, 0) is 64.9 Å². The number of hydrogen-bond acceptors (Lipinski definition) is 6. The summed E-state index contributed by atoms with van der Waals surface area (Å²) in [6.07, 6.45) is 0. The van der Waals surface area contributed by atoms with E-state index in [1.807, 2.05) is 43.3 Å². The van der Waals surface area contributed by atoms with Gasteiger partial charge in [0, 0.05) is 5.56 Å². The number of rotatable bonds is 6. The molecule has 0 radical (unpaired) electrons. The lowest BCUT2D eigenvalue weighted by molar-refractivity contribution is 0.0518. The molecule has 0 N–H and O–H groups in total. The number of ether oxygens (including phenoxy) is 1. The fraction of sp³-hybridized carbons (Fsp3) is 0.250. The van der Waals surface area contributed by atoms with Gasteiger partial charge in [0.2, 0.25) is 0 Å². The fourth-order valence-electron chi connectivity index (χ4n) is 3.48. The maximum absolute atomic E-state index is 12.6. The Bertz CT molecular complexity index is 1280. The van der Waals surface area contributed by atoms with Crippen molar-refractivity contribution in [3.63, 3.8) is 0 Å². The number of esters is 1. The highest BCUT2D eigenvalue weighted by Gasteiger charge is 2.27. The Morgan fingerprint density at radius 3 is 2.69 bits per heavy atom. The number of aromatic nitrogens is 4. The molecule has 32 heavy (non-hydrogen) atoms. The highest BCUT2D eigenvalue weighted by Crippen LogP contribution is 2.37. The Morgan fingerprint density at radius 1 is 1.19 bits per heavy atom. The van der Waals surface area contributed by atoms with Gasteiger partial charge in [0.15, 0.2) is 16.5 Å². The molecule has 0 saturated carbocycles. The monoisotopic (exact) mass is 510 g/mol. The number of para-hydroxylation sites is 1. The van der Waals surface area contributed by atoms with Crippen LogP contribution in [0.15, 0.2) is 53.0 Å². The first-order chi connectivity index (χ1) is 15.4. The molecular formula is C24H23BrN4O2S. The maximum Gasteiger partial charge on any atom is 0.360 e. The SMILES string of the molecule is CCOC(=O)c1nn(-c2ccccc2C(C)C)c(-c2nc(-c3cccc(C)c3)ns2)c1Br. The third-order valence-electron chi connectivity index (χ3n) is 4.99. The molecule has 2 aromatic carbocycles. The second-order valence-corrected chi connectivity index (χ2v) is 9.19. The number of hydrogen-bond donors (Lipinski definition) is 0. The molecule has 2 heterocycles. The quantitative estimate of drug-likeness (QED) is 0.279. The van der Waals surface area contributed by atoms with E-state index in [1.165, 1.54) is 11.5 Å². The van der Waals surface area contributed by atoms with E-state index in [4.69, 9.17) is 9.72 Å². The van der Waals surface area contributed by atoms with Crippen LogP contribution in [-0.2, 0) is 4.74 Å². The third kappa shape index (κ3) is 4.25. The molecule has 2 aromatic heterocycles. The van der Waals surface area contributed by atoms with Crippen LogP contribution in [0.25, 0.3) is 27.8 Å². The minimum atomic E-state index is -0.482. The molecular weight excluding hydrogens is 488 g/mol. The first-order valence-corrected chi connectivity index (χ1v) is 11.9. The van der Waals surface area contributed by atoms with Crippen molar-refractivity contribution in [1.82, 2.24) is 19.1 Å². The third-order valence-corrected chi connectivity index (χ3v) is 6.46. The standard InChI is InChI=1S/C24H23BrN4O2S/c1-5-31-24(30)20-19(25)21(29(27-20)18-12-7-6-11-17(18)14(2)3)23-26-22(28-32-23)16-10-8-9-15(4)13-16/h6-14H,5H2,1-4H3. The normalized spacial score (nSPS) is 11.2. The zero-order valence-electron chi connectivity index (χ0n) is 18.3. The predicted octanol–water partition coefficient (Wildman–Crippen LogP) is 6.43. The van der Waals surface area contributed by atoms with E-state index in [2.05, 4.69) is 51.4 Å². The van der Waals surface area contributed by atoms with Crippen LogP contribution in [0, 0.1) is 6.92 Å². The van der Waals surface area contributed by atoms with Gasteiger partial charge in [-0.2, -0.15) is 9.47 Å². The summed E-state index contributed by atoms with van der Waals surface area (Å²) in [5, 5.41) is 5.31. The molecule has 0 aliphatic rings. The number of aryl methyl sites for hydroxylation is 1. The van der Waals surface area contributed by atoms with Crippen LogP contribution in [0.3, 0.4) is 0 Å². The summed E-state index contributed by atoms with van der Waals surface area (Å²) in [6.45, 7) is 8.34. The molecule has 4 rings (SSSR count). The lowest BCUT2D eigenvalue weighted by atomic mass is 10.0. The lowest BCUT2D eigenvalue weighted by Crippen LogP contribution is -2.08. The molecule has 0 aliphatic heterocycles. The maximum atomic E-state index is 12.6. The summed E-state index contributed by atoms with van der Waals surface area (Å²) in [6, 6.07) is 16.1. The second-order valence-electron chi connectivity index (χ2n) is 7.65. The van der Waals surface area contributed by atoms with Crippen LogP contribution in [0.2, 0.25) is 0 Å². The Kier molecular flexibility index (Phi) is 6.53. The summed E-state index contributed by atoms with van der Waals surface area (Å²) in [7, 11) is 0. The first-order valence-electron chi connectivity index (χ1n) is 10.4. The molecule has 164 valence electrons. The Morgan fingerprint density at radius 2 is 1.97 bits per heavy atom. The van der Waals surface area contributed by atoms with Gasteiger partial charge >= 0.3 is 5.97 Å². The van der Waals surface area contributed by atoms with Crippen LogP contribution in [0.4, 0.5) is 0 Å². The molecule has 0 saturated heterocycles. The van der Waals surface area contributed by atoms with Crippen molar-refractivity contribution in [2.45, 2.75) is 33.6 Å². The minimum Gasteiger partial charge on any atom is -0.461 e. The van der Waals surface area contributed by atoms with Crippen molar-refractivity contribution in [3.8, 4) is 27.8 Å². The summed E-state index contributed by atoms with van der Waals surface area (Å²) in [5.41, 5.74) is 4.98. The molecule has 0 fully saturated rings. The summed E-state index contributed by atoms with van der Waals surface area (Å²) in [4.78, 5) is 17.4. The number of benzene rings is 2. The molecule has 6 nitrogen and oxygen atoms in total. The molecule has 0 bridgehead atoms. The first kappa shape index (κ1) is 22.4. The van der Waals surface area contributed by atoms with E-state index in [9.17, 15) is 4.79 Å². The van der Waals surface area contributed by atoms with Gasteiger partial charge in [-0.15, -0.1) is 0 Å². The van der Waals surface area contributed by atoms with Crippen molar-refractivity contribution < 1.29 is 9.53 Å². The lowest BCUT2D eigenvalue weighted by Gasteiger charge is -2.14. The summed E-state index contributed by atoms with van der Waals surface area (Å²) >= 11 is 4.88. The van der Waals surface area contributed by atoms with Gasteiger partial charge < -0.3 is 4.74 Å². The average Bonchev–Trinajstić information content (AvgIpc) is 3.38.